The van der Waals surface area contributed by atoms with Crippen LogP contribution in [0.2, 0.25) is 0 Å². The van der Waals surface area contributed by atoms with E-state index in [4.69, 9.17) is 5.26 Å². The summed E-state index contributed by atoms with van der Waals surface area (Å²) in [6.07, 6.45) is 1.85. The molecule has 21 heavy (non-hydrogen) atoms. The van der Waals surface area contributed by atoms with Gasteiger partial charge in [-0.25, -0.2) is 5.43 Å². The van der Waals surface area contributed by atoms with E-state index in [9.17, 15) is 4.79 Å². The van der Waals surface area contributed by atoms with Gasteiger partial charge in [0.05, 0.1) is 24.3 Å². The van der Waals surface area contributed by atoms with Gasteiger partial charge in [-0.1, -0.05) is 42.0 Å². The monoisotopic (exact) mass is 277 g/mol. The molecule has 4 heteroatoms. The van der Waals surface area contributed by atoms with E-state index < -0.39 is 0 Å². The molecule has 0 atom stereocenters. The van der Waals surface area contributed by atoms with Crippen LogP contribution in [-0.2, 0) is 11.2 Å². The van der Waals surface area contributed by atoms with Gasteiger partial charge in [-0.3, -0.25) is 4.79 Å². The second kappa shape index (κ2) is 7.01. The standard InChI is InChI=1S/C17H15N3O/c1-13-2-4-14(5-3-13)10-17(21)20-19-12-16-8-6-15(11-18)7-9-16/h2-9,12H,10H2,1H3,(H,20,21)/b19-12+. The van der Waals surface area contributed by atoms with E-state index in [2.05, 4.69) is 10.5 Å². The maximum absolute atomic E-state index is 11.7. The van der Waals surface area contributed by atoms with E-state index in [1.165, 1.54) is 0 Å². The summed E-state index contributed by atoms with van der Waals surface area (Å²) in [6.45, 7) is 2.01. The lowest BCUT2D eigenvalue weighted by atomic mass is 10.1. The number of hydrogen-bond donors (Lipinski definition) is 1. The van der Waals surface area contributed by atoms with Gasteiger partial charge in [0.1, 0.15) is 0 Å². The zero-order valence-corrected chi connectivity index (χ0v) is 11.7. The van der Waals surface area contributed by atoms with Crippen LogP contribution in [0.4, 0.5) is 0 Å². The molecule has 0 bridgehead atoms. The van der Waals surface area contributed by atoms with Crippen molar-refractivity contribution in [2.24, 2.45) is 5.10 Å². The van der Waals surface area contributed by atoms with Crippen molar-refractivity contribution < 1.29 is 4.79 Å². The van der Waals surface area contributed by atoms with E-state index in [0.29, 0.717) is 12.0 Å². The van der Waals surface area contributed by atoms with Gasteiger partial charge < -0.3 is 0 Å². The molecule has 4 nitrogen and oxygen atoms in total. The number of aryl methyl sites for hydroxylation is 1. The first-order valence-corrected chi connectivity index (χ1v) is 6.55. The van der Waals surface area contributed by atoms with Crippen LogP contribution in [0.3, 0.4) is 0 Å². The summed E-state index contributed by atoms with van der Waals surface area (Å²) in [4.78, 5) is 11.7. The summed E-state index contributed by atoms with van der Waals surface area (Å²) in [5, 5.41) is 12.6. The van der Waals surface area contributed by atoms with Crippen molar-refractivity contribution in [2.75, 3.05) is 0 Å². The fourth-order valence-electron chi connectivity index (χ4n) is 1.75. The normalized spacial score (nSPS) is 10.3. The van der Waals surface area contributed by atoms with Gasteiger partial charge in [0.2, 0.25) is 5.91 Å². The number of rotatable bonds is 4. The van der Waals surface area contributed by atoms with Crippen LogP contribution in [0.15, 0.2) is 53.6 Å². The molecule has 0 saturated heterocycles. The third kappa shape index (κ3) is 4.59. The van der Waals surface area contributed by atoms with Gasteiger partial charge >= 0.3 is 0 Å². The molecule has 0 aliphatic carbocycles. The van der Waals surface area contributed by atoms with Crippen LogP contribution >= 0.6 is 0 Å². The zero-order chi connectivity index (χ0) is 15.1. The Hall–Kier alpha value is -2.93. The molecule has 1 amide bonds. The lowest BCUT2D eigenvalue weighted by Gasteiger charge is -2.01. The quantitative estimate of drug-likeness (QED) is 0.689. The van der Waals surface area contributed by atoms with Crippen LogP contribution in [0.1, 0.15) is 22.3 Å². The van der Waals surface area contributed by atoms with E-state index in [1.54, 1.807) is 30.5 Å². The molecule has 2 rings (SSSR count). The Kier molecular flexibility index (Phi) is 4.84. The Bertz CT molecular complexity index is 679. The van der Waals surface area contributed by atoms with Gasteiger partial charge in [0.15, 0.2) is 0 Å². The van der Waals surface area contributed by atoms with Crippen LogP contribution < -0.4 is 5.43 Å². The van der Waals surface area contributed by atoms with Gasteiger partial charge in [-0.15, -0.1) is 0 Å². The molecule has 0 unspecified atom stereocenters. The van der Waals surface area contributed by atoms with Crippen molar-refractivity contribution >= 4 is 12.1 Å². The number of nitriles is 1. The highest BCUT2D eigenvalue weighted by atomic mass is 16.2. The van der Waals surface area contributed by atoms with Crippen molar-refractivity contribution in [3.8, 4) is 6.07 Å². The molecule has 104 valence electrons. The van der Waals surface area contributed by atoms with Gasteiger partial charge in [-0.05, 0) is 30.2 Å². The molecule has 0 aromatic heterocycles. The minimum Gasteiger partial charge on any atom is -0.273 e. The fourth-order valence-corrected chi connectivity index (χ4v) is 1.75. The largest absolute Gasteiger partial charge is 0.273 e. The van der Waals surface area contributed by atoms with Crippen LogP contribution in [0.25, 0.3) is 0 Å². The SMILES string of the molecule is Cc1ccc(CC(=O)N/N=C/c2ccc(C#N)cc2)cc1. The third-order valence-electron chi connectivity index (χ3n) is 2.93. The minimum absolute atomic E-state index is 0.163. The van der Waals surface area contributed by atoms with Crippen LogP contribution in [-0.4, -0.2) is 12.1 Å². The highest BCUT2D eigenvalue weighted by Gasteiger charge is 2.01. The zero-order valence-electron chi connectivity index (χ0n) is 11.7. The number of carbonyl (C=O) groups excluding carboxylic acids is 1. The highest BCUT2D eigenvalue weighted by molar-refractivity contribution is 5.83. The van der Waals surface area contributed by atoms with E-state index >= 15 is 0 Å². The molecular formula is C17H15N3O. The number of hydrogen-bond acceptors (Lipinski definition) is 3. The number of benzene rings is 2. The van der Waals surface area contributed by atoms with E-state index in [0.717, 1.165) is 16.7 Å². The summed E-state index contributed by atoms with van der Waals surface area (Å²) in [5.74, 6) is -0.163. The van der Waals surface area contributed by atoms with Gasteiger partial charge in [-0.2, -0.15) is 10.4 Å². The van der Waals surface area contributed by atoms with E-state index in [-0.39, 0.29) is 5.91 Å². The number of amides is 1. The lowest BCUT2D eigenvalue weighted by molar-refractivity contribution is -0.120. The molecule has 0 fully saturated rings. The Morgan fingerprint density at radius 2 is 1.86 bits per heavy atom. The van der Waals surface area contributed by atoms with Crippen molar-refractivity contribution in [3.63, 3.8) is 0 Å². The number of carbonyl (C=O) groups is 1. The molecule has 1 N–H and O–H groups in total. The average molecular weight is 277 g/mol. The molecule has 0 aliphatic heterocycles. The second-order valence-corrected chi connectivity index (χ2v) is 4.69. The fraction of sp³-hybridized carbons (Fsp3) is 0.118. The molecular weight excluding hydrogens is 262 g/mol. The lowest BCUT2D eigenvalue weighted by Crippen LogP contribution is -2.19. The third-order valence-corrected chi connectivity index (χ3v) is 2.93. The predicted octanol–water partition coefficient (Wildman–Crippen LogP) is 2.56. The first-order chi connectivity index (χ1) is 10.2. The Balaban J connectivity index is 1.86. The Labute approximate surface area is 123 Å². The van der Waals surface area contributed by atoms with Crippen molar-refractivity contribution in [3.05, 3.63) is 70.8 Å². The Morgan fingerprint density at radius 1 is 1.19 bits per heavy atom. The summed E-state index contributed by atoms with van der Waals surface area (Å²) in [5.41, 5.74) is 6.02. The summed E-state index contributed by atoms with van der Waals surface area (Å²) in [7, 11) is 0. The minimum atomic E-state index is -0.163. The van der Waals surface area contributed by atoms with Crippen LogP contribution in [0.5, 0.6) is 0 Å². The average Bonchev–Trinajstić information content (AvgIpc) is 2.50. The van der Waals surface area contributed by atoms with Crippen molar-refractivity contribution in [1.29, 1.82) is 5.26 Å². The topological polar surface area (TPSA) is 65.2 Å². The van der Waals surface area contributed by atoms with Crippen molar-refractivity contribution in [1.82, 2.24) is 5.43 Å². The van der Waals surface area contributed by atoms with E-state index in [1.807, 2.05) is 37.3 Å². The predicted molar refractivity (Wildman–Crippen MR) is 81.8 cm³/mol. The molecule has 0 aliphatic rings. The summed E-state index contributed by atoms with van der Waals surface area (Å²) >= 11 is 0. The molecule has 0 spiro atoms. The summed E-state index contributed by atoms with van der Waals surface area (Å²) in [6, 6.07) is 16.8. The first-order valence-electron chi connectivity index (χ1n) is 6.55. The molecule has 0 radical (unpaired) electrons. The maximum Gasteiger partial charge on any atom is 0.244 e. The maximum atomic E-state index is 11.7. The molecule has 0 saturated carbocycles. The van der Waals surface area contributed by atoms with Crippen LogP contribution in [0, 0.1) is 18.3 Å². The molecule has 0 heterocycles. The number of hydrazone groups is 1. The van der Waals surface area contributed by atoms with Gasteiger partial charge in [0, 0.05) is 0 Å². The van der Waals surface area contributed by atoms with Gasteiger partial charge in [0.25, 0.3) is 0 Å². The smallest absolute Gasteiger partial charge is 0.244 e. The highest BCUT2D eigenvalue weighted by Crippen LogP contribution is 2.04. The summed E-state index contributed by atoms with van der Waals surface area (Å²) < 4.78 is 0. The second-order valence-electron chi connectivity index (χ2n) is 4.69. The number of nitrogens with one attached hydrogen (secondary N) is 1. The van der Waals surface area contributed by atoms with Crippen molar-refractivity contribution in [2.45, 2.75) is 13.3 Å². The Morgan fingerprint density at radius 3 is 2.48 bits per heavy atom. The molecule has 2 aromatic rings. The first kappa shape index (κ1) is 14.5. The number of nitrogens with zero attached hydrogens (tertiary/aromatic N) is 2. The molecule has 2 aromatic carbocycles.